The summed E-state index contributed by atoms with van der Waals surface area (Å²) in [5, 5.41) is 7.51. The van der Waals surface area contributed by atoms with Crippen LogP contribution in [-0.2, 0) is 11.3 Å². The quantitative estimate of drug-likeness (QED) is 0.652. The predicted molar refractivity (Wildman–Crippen MR) is 116 cm³/mol. The molecule has 0 aliphatic carbocycles. The lowest BCUT2D eigenvalue weighted by molar-refractivity contribution is -0.117. The molecule has 1 aromatic heterocycles. The van der Waals surface area contributed by atoms with Crippen molar-refractivity contribution >= 4 is 23.2 Å². The number of nitrogens with one attached hydrogen (secondary N) is 1. The molecule has 1 fully saturated rings. The van der Waals surface area contributed by atoms with Crippen molar-refractivity contribution in [3.63, 3.8) is 0 Å². The van der Waals surface area contributed by atoms with E-state index >= 15 is 0 Å². The van der Waals surface area contributed by atoms with Crippen molar-refractivity contribution in [1.82, 2.24) is 19.9 Å². The van der Waals surface area contributed by atoms with Crippen LogP contribution in [-0.4, -0.2) is 58.6 Å². The molecule has 0 saturated carbocycles. The molecule has 3 aromatic rings. The molecule has 7 nitrogen and oxygen atoms in total. The van der Waals surface area contributed by atoms with Crippen LogP contribution in [0.4, 0.5) is 5.69 Å². The first-order chi connectivity index (χ1) is 14.6. The van der Waals surface area contributed by atoms with Gasteiger partial charge in [-0.25, -0.2) is 0 Å². The third kappa shape index (κ3) is 5.24. The van der Waals surface area contributed by atoms with E-state index in [2.05, 4.69) is 25.3 Å². The van der Waals surface area contributed by atoms with Gasteiger partial charge < -0.3 is 9.84 Å². The van der Waals surface area contributed by atoms with Crippen molar-refractivity contribution in [2.45, 2.75) is 13.5 Å². The van der Waals surface area contributed by atoms with Gasteiger partial charge in [-0.1, -0.05) is 58.7 Å². The maximum atomic E-state index is 12.3. The normalized spacial score (nSPS) is 15.3. The Morgan fingerprint density at radius 1 is 1.07 bits per heavy atom. The largest absolute Gasteiger partial charge is 0.338 e. The molecule has 1 amide bonds. The van der Waals surface area contributed by atoms with E-state index < -0.39 is 0 Å². The zero-order valence-corrected chi connectivity index (χ0v) is 17.6. The Morgan fingerprint density at radius 2 is 1.77 bits per heavy atom. The zero-order valence-electron chi connectivity index (χ0n) is 16.8. The number of aryl methyl sites for hydroxylation is 1. The van der Waals surface area contributed by atoms with Crippen molar-refractivity contribution in [2.24, 2.45) is 0 Å². The minimum atomic E-state index is -0.0591. The topological polar surface area (TPSA) is 74.5 Å². The standard InChI is InChI=1S/C22H24ClN5O2/c1-16-6-8-17(9-7-16)22-25-21(30-26-22)15-28-12-10-27(11-13-28)14-20(29)24-19-5-3-2-4-18(19)23/h2-9H,10-15H2,1H3,(H,24,29). The van der Waals surface area contributed by atoms with Gasteiger partial charge in [-0.05, 0) is 19.1 Å². The van der Waals surface area contributed by atoms with Gasteiger partial charge in [-0.15, -0.1) is 0 Å². The number of hydrogen-bond acceptors (Lipinski definition) is 6. The second kappa shape index (κ2) is 9.38. The van der Waals surface area contributed by atoms with Crippen molar-refractivity contribution in [3.8, 4) is 11.4 Å². The minimum absolute atomic E-state index is 0.0591. The number of hydrogen-bond donors (Lipinski definition) is 1. The van der Waals surface area contributed by atoms with Crippen molar-refractivity contribution in [1.29, 1.82) is 0 Å². The number of carbonyl (C=O) groups excluding carboxylic acids is 1. The number of anilines is 1. The Balaban J connectivity index is 1.24. The number of amides is 1. The summed E-state index contributed by atoms with van der Waals surface area (Å²) in [5.41, 5.74) is 2.79. The van der Waals surface area contributed by atoms with Gasteiger partial charge >= 0.3 is 0 Å². The van der Waals surface area contributed by atoms with Gasteiger partial charge in [0, 0.05) is 31.7 Å². The summed E-state index contributed by atoms with van der Waals surface area (Å²) >= 11 is 6.10. The molecule has 8 heteroatoms. The summed E-state index contributed by atoms with van der Waals surface area (Å²) in [5.74, 6) is 1.16. The summed E-state index contributed by atoms with van der Waals surface area (Å²) in [7, 11) is 0. The van der Waals surface area contributed by atoms with Crippen LogP contribution < -0.4 is 5.32 Å². The number of rotatable bonds is 6. The highest BCUT2D eigenvalue weighted by Crippen LogP contribution is 2.20. The highest BCUT2D eigenvalue weighted by molar-refractivity contribution is 6.33. The van der Waals surface area contributed by atoms with E-state index in [1.54, 1.807) is 12.1 Å². The van der Waals surface area contributed by atoms with Crippen LogP contribution >= 0.6 is 11.6 Å². The zero-order chi connectivity index (χ0) is 20.9. The Labute approximate surface area is 180 Å². The van der Waals surface area contributed by atoms with Crippen molar-refractivity contribution < 1.29 is 9.32 Å². The number of para-hydroxylation sites is 1. The summed E-state index contributed by atoms with van der Waals surface area (Å²) < 4.78 is 5.43. The third-order valence-electron chi connectivity index (χ3n) is 5.12. The molecule has 0 atom stereocenters. The van der Waals surface area contributed by atoms with E-state index in [4.69, 9.17) is 16.1 Å². The van der Waals surface area contributed by atoms with Crippen LogP contribution in [0.15, 0.2) is 53.1 Å². The number of nitrogens with zero attached hydrogens (tertiary/aromatic N) is 4. The fourth-order valence-electron chi connectivity index (χ4n) is 3.39. The molecule has 0 radical (unpaired) electrons. The molecule has 2 aromatic carbocycles. The first-order valence-corrected chi connectivity index (χ1v) is 10.3. The number of halogens is 1. The molecule has 2 heterocycles. The Bertz CT molecular complexity index is 997. The Morgan fingerprint density at radius 3 is 2.50 bits per heavy atom. The molecule has 0 bridgehead atoms. The average Bonchev–Trinajstić information content (AvgIpc) is 3.20. The fourth-order valence-corrected chi connectivity index (χ4v) is 3.57. The molecule has 1 aliphatic rings. The minimum Gasteiger partial charge on any atom is -0.338 e. The second-order valence-electron chi connectivity index (χ2n) is 7.46. The SMILES string of the molecule is Cc1ccc(-c2noc(CN3CCN(CC(=O)Nc4ccccc4Cl)CC3)n2)cc1. The molecule has 156 valence electrons. The van der Waals surface area contributed by atoms with E-state index in [1.807, 2.05) is 43.3 Å². The van der Waals surface area contributed by atoms with E-state index in [1.165, 1.54) is 5.56 Å². The maximum absolute atomic E-state index is 12.3. The molecule has 1 aliphatic heterocycles. The van der Waals surface area contributed by atoms with Gasteiger partial charge in [0.15, 0.2) is 0 Å². The smallest absolute Gasteiger partial charge is 0.241 e. The molecule has 1 saturated heterocycles. The second-order valence-corrected chi connectivity index (χ2v) is 7.87. The van der Waals surface area contributed by atoms with Gasteiger partial charge in [-0.3, -0.25) is 14.6 Å². The van der Waals surface area contributed by atoms with Crippen LogP contribution in [0.3, 0.4) is 0 Å². The maximum Gasteiger partial charge on any atom is 0.241 e. The van der Waals surface area contributed by atoms with E-state index in [-0.39, 0.29) is 5.91 Å². The number of carbonyl (C=O) groups is 1. The van der Waals surface area contributed by atoms with Crippen molar-refractivity contribution in [3.05, 3.63) is 65.0 Å². The van der Waals surface area contributed by atoms with Crippen LogP contribution in [0.2, 0.25) is 5.02 Å². The molecular weight excluding hydrogens is 402 g/mol. The van der Waals surface area contributed by atoms with Gasteiger partial charge in [0.2, 0.25) is 17.6 Å². The summed E-state index contributed by atoms with van der Waals surface area (Å²) in [6.45, 7) is 6.27. The Hall–Kier alpha value is -2.74. The summed E-state index contributed by atoms with van der Waals surface area (Å²) in [6.07, 6.45) is 0. The lowest BCUT2D eigenvalue weighted by Crippen LogP contribution is -2.48. The van der Waals surface area contributed by atoms with Gasteiger partial charge in [-0.2, -0.15) is 4.98 Å². The van der Waals surface area contributed by atoms with Gasteiger partial charge in [0.05, 0.1) is 23.8 Å². The lowest BCUT2D eigenvalue weighted by atomic mass is 10.1. The monoisotopic (exact) mass is 425 g/mol. The van der Waals surface area contributed by atoms with Crippen LogP contribution in [0, 0.1) is 6.92 Å². The first-order valence-electron chi connectivity index (χ1n) is 9.95. The molecule has 4 rings (SSSR count). The fraction of sp³-hybridized carbons (Fsp3) is 0.318. The van der Waals surface area contributed by atoms with E-state index in [9.17, 15) is 4.79 Å². The number of benzene rings is 2. The molecule has 30 heavy (non-hydrogen) atoms. The predicted octanol–water partition coefficient (Wildman–Crippen LogP) is 3.45. The average molecular weight is 426 g/mol. The molecule has 0 unspecified atom stereocenters. The Kier molecular flexibility index (Phi) is 6.42. The molecule has 0 spiro atoms. The lowest BCUT2D eigenvalue weighted by Gasteiger charge is -2.33. The van der Waals surface area contributed by atoms with Gasteiger partial charge in [0.25, 0.3) is 0 Å². The third-order valence-corrected chi connectivity index (χ3v) is 5.45. The molecule has 1 N–H and O–H groups in total. The van der Waals surface area contributed by atoms with Crippen LogP contribution in [0.1, 0.15) is 11.5 Å². The molecular formula is C22H24ClN5O2. The van der Waals surface area contributed by atoms with E-state index in [0.29, 0.717) is 35.5 Å². The summed E-state index contributed by atoms with van der Waals surface area (Å²) in [6, 6.07) is 15.3. The van der Waals surface area contributed by atoms with Crippen LogP contribution in [0.5, 0.6) is 0 Å². The number of aromatic nitrogens is 2. The number of piperazine rings is 1. The van der Waals surface area contributed by atoms with E-state index in [0.717, 1.165) is 31.7 Å². The summed E-state index contributed by atoms with van der Waals surface area (Å²) in [4.78, 5) is 21.2. The first kappa shape index (κ1) is 20.5. The highest BCUT2D eigenvalue weighted by Gasteiger charge is 2.21. The van der Waals surface area contributed by atoms with Crippen molar-refractivity contribution in [2.75, 3.05) is 38.0 Å². The van der Waals surface area contributed by atoms with Gasteiger partial charge in [0.1, 0.15) is 0 Å². The highest BCUT2D eigenvalue weighted by atomic mass is 35.5. The van der Waals surface area contributed by atoms with Crippen LogP contribution in [0.25, 0.3) is 11.4 Å².